The lowest BCUT2D eigenvalue weighted by Gasteiger charge is -2.05. The second-order valence-electron chi connectivity index (χ2n) is 4.24. The summed E-state index contributed by atoms with van der Waals surface area (Å²) in [6.07, 6.45) is 1.60. The summed E-state index contributed by atoms with van der Waals surface area (Å²) in [6, 6.07) is 4.21. The summed E-state index contributed by atoms with van der Waals surface area (Å²) in [6.45, 7) is 0.402. The van der Waals surface area contributed by atoms with E-state index >= 15 is 0 Å². The van der Waals surface area contributed by atoms with Crippen LogP contribution in [-0.2, 0) is 16.4 Å². The quantitative estimate of drug-likeness (QED) is 0.906. The molecule has 0 saturated heterocycles. The van der Waals surface area contributed by atoms with Crippen LogP contribution >= 0.6 is 0 Å². The second kappa shape index (κ2) is 4.56. The molecule has 0 unspecified atom stereocenters. The average molecular weight is 271 g/mol. The molecule has 1 heterocycles. The van der Waals surface area contributed by atoms with Crippen LogP contribution in [-0.4, -0.2) is 30.0 Å². The van der Waals surface area contributed by atoms with E-state index in [1.165, 1.54) is 18.4 Å². The Kier molecular flexibility index (Phi) is 3.25. The first kappa shape index (κ1) is 12.8. The Morgan fingerprint density at radius 3 is 2.83 bits per heavy atom. The number of sulfone groups is 1. The molecule has 0 amide bonds. The normalized spacial score (nSPS) is 12.1. The van der Waals surface area contributed by atoms with E-state index in [0.717, 1.165) is 0 Å². The lowest BCUT2D eigenvalue weighted by Crippen LogP contribution is -2.09. The Labute approximate surface area is 104 Å². The molecule has 7 heteroatoms. The Morgan fingerprint density at radius 2 is 2.17 bits per heavy atom. The topological polar surface area (TPSA) is 78.0 Å². The van der Waals surface area contributed by atoms with Gasteiger partial charge >= 0.3 is 0 Å². The van der Waals surface area contributed by atoms with E-state index in [2.05, 4.69) is 4.98 Å². The van der Waals surface area contributed by atoms with Crippen LogP contribution in [0.2, 0.25) is 0 Å². The Hall–Kier alpha value is -1.63. The minimum Gasteiger partial charge on any atom is -0.369 e. The number of anilines is 1. The fourth-order valence-electron chi connectivity index (χ4n) is 1.83. The number of aryl methyl sites for hydroxylation is 1. The van der Waals surface area contributed by atoms with E-state index < -0.39 is 9.84 Å². The molecule has 0 radical (unpaired) electrons. The number of hydrogen-bond donors (Lipinski definition) is 1. The molecule has 0 atom stereocenters. The highest BCUT2D eigenvalue weighted by Gasteiger charge is 2.10. The molecule has 2 rings (SSSR count). The number of hydrogen-bond acceptors (Lipinski definition) is 4. The Morgan fingerprint density at radius 1 is 1.44 bits per heavy atom. The van der Waals surface area contributed by atoms with E-state index in [1.807, 2.05) is 0 Å². The first-order chi connectivity index (χ1) is 8.37. The summed E-state index contributed by atoms with van der Waals surface area (Å²) < 4.78 is 36.9. The van der Waals surface area contributed by atoms with Crippen LogP contribution in [0.4, 0.5) is 10.3 Å². The number of nitrogen functional groups attached to an aromatic ring is 1. The van der Waals surface area contributed by atoms with Crippen LogP contribution in [0.25, 0.3) is 11.0 Å². The molecule has 5 nitrogen and oxygen atoms in total. The summed E-state index contributed by atoms with van der Waals surface area (Å²) in [7, 11) is -3.00. The Bertz CT molecular complexity index is 679. The molecule has 0 aliphatic rings. The summed E-state index contributed by atoms with van der Waals surface area (Å²) in [5.74, 6) is -0.0302. The van der Waals surface area contributed by atoms with E-state index in [0.29, 0.717) is 24.0 Å². The van der Waals surface area contributed by atoms with Crippen molar-refractivity contribution in [3.8, 4) is 0 Å². The van der Waals surface area contributed by atoms with Gasteiger partial charge in [0.1, 0.15) is 15.7 Å². The number of halogens is 1. The number of rotatable bonds is 4. The van der Waals surface area contributed by atoms with Crippen LogP contribution in [0, 0.1) is 5.82 Å². The number of imidazole rings is 1. The third-order valence-electron chi connectivity index (χ3n) is 2.64. The molecule has 2 aromatic rings. The minimum atomic E-state index is -3.00. The smallest absolute Gasteiger partial charge is 0.201 e. The standard InChI is InChI=1S/C11H14FN3O2S/c1-18(16,17)6-2-5-15-10-7-8(12)3-4-9(10)14-11(15)13/h3-4,7H,2,5-6H2,1H3,(H2,13,14). The first-order valence-electron chi connectivity index (χ1n) is 5.46. The molecule has 0 saturated carbocycles. The maximum absolute atomic E-state index is 13.2. The van der Waals surface area contributed by atoms with Crippen molar-refractivity contribution in [2.75, 3.05) is 17.7 Å². The number of nitrogens with two attached hydrogens (primary N) is 1. The van der Waals surface area contributed by atoms with Gasteiger partial charge < -0.3 is 10.3 Å². The second-order valence-corrected chi connectivity index (χ2v) is 6.50. The van der Waals surface area contributed by atoms with Crippen molar-refractivity contribution < 1.29 is 12.8 Å². The number of fused-ring (bicyclic) bond motifs is 1. The monoisotopic (exact) mass is 271 g/mol. The van der Waals surface area contributed by atoms with E-state index in [4.69, 9.17) is 5.73 Å². The molecule has 0 bridgehead atoms. The van der Waals surface area contributed by atoms with Gasteiger partial charge in [0.15, 0.2) is 0 Å². The molecule has 18 heavy (non-hydrogen) atoms. The molecule has 98 valence electrons. The molecule has 2 N–H and O–H groups in total. The van der Waals surface area contributed by atoms with Gasteiger partial charge in [0.2, 0.25) is 5.95 Å². The predicted molar refractivity (Wildman–Crippen MR) is 68.4 cm³/mol. The molecule has 0 spiro atoms. The third kappa shape index (κ3) is 2.79. The van der Waals surface area contributed by atoms with Gasteiger partial charge in [0, 0.05) is 12.8 Å². The highest BCUT2D eigenvalue weighted by atomic mass is 32.2. The minimum absolute atomic E-state index is 0.0709. The van der Waals surface area contributed by atoms with Crippen molar-refractivity contribution in [1.82, 2.24) is 9.55 Å². The number of nitrogens with zero attached hydrogens (tertiary/aromatic N) is 2. The fourth-order valence-corrected chi connectivity index (χ4v) is 2.49. The van der Waals surface area contributed by atoms with Crippen LogP contribution < -0.4 is 5.73 Å². The van der Waals surface area contributed by atoms with Crippen molar-refractivity contribution in [2.45, 2.75) is 13.0 Å². The summed E-state index contributed by atoms with van der Waals surface area (Å²) in [4.78, 5) is 4.09. The number of aromatic nitrogens is 2. The van der Waals surface area contributed by atoms with Crippen LogP contribution in [0.1, 0.15) is 6.42 Å². The third-order valence-corrected chi connectivity index (χ3v) is 3.67. The van der Waals surface area contributed by atoms with Crippen molar-refractivity contribution >= 4 is 26.8 Å². The van der Waals surface area contributed by atoms with Crippen molar-refractivity contribution in [3.63, 3.8) is 0 Å². The lowest BCUT2D eigenvalue weighted by molar-refractivity contribution is 0.593. The molecule has 1 aromatic heterocycles. The van der Waals surface area contributed by atoms with Gasteiger partial charge in [-0.05, 0) is 24.6 Å². The number of benzene rings is 1. The average Bonchev–Trinajstić information content (AvgIpc) is 2.54. The van der Waals surface area contributed by atoms with Crippen molar-refractivity contribution in [2.24, 2.45) is 0 Å². The van der Waals surface area contributed by atoms with Crippen molar-refractivity contribution in [1.29, 1.82) is 0 Å². The highest BCUT2D eigenvalue weighted by Crippen LogP contribution is 2.19. The fraction of sp³-hybridized carbons (Fsp3) is 0.364. The summed E-state index contributed by atoms with van der Waals surface area (Å²) in [5.41, 5.74) is 6.92. The van der Waals surface area contributed by atoms with E-state index in [9.17, 15) is 12.8 Å². The molecular weight excluding hydrogens is 257 g/mol. The zero-order chi connectivity index (χ0) is 13.3. The molecule has 0 fully saturated rings. The van der Waals surface area contributed by atoms with Gasteiger partial charge in [-0.1, -0.05) is 0 Å². The molecule has 1 aromatic carbocycles. The van der Waals surface area contributed by atoms with E-state index in [1.54, 1.807) is 10.6 Å². The van der Waals surface area contributed by atoms with Gasteiger partial charge in [0.05, 0.1) is 16.8 Å². The van der Waals surface area contributed by atoms with Gasteiger partial charge in [-0.3, -0.25) is 0 Å². The van der Waals surface area contributed by atoms with Crippen LogP contribution in [0.3, 0.4) is 0 Å². The summed E-state index contributed by atoms with van der Waals surface area (Å²) in [5, 5.41) is 0. The van der Waals surface area contributed by atoms with Gasteiger partial charge in [-0.2, -0.15) is 0 Å². The van der Waals surface area contributed by atoms with Gasteiger partial charge in [-0.15, -0.1) is 0 Å². The Balaban J connectivity index is 2.27. The maximum Gasteiger partial charge on any atom is 0.201 e. The highest BCUT2D eigenvalue weighted by molar-refractivity contribution is 7.90. The van der Waals surface area contributed by atoms with E-state index in [-0.39, 0.29) is 17.5 Å². The maximum atomic E-state index is 13.2. The summed E-state index contributed by atoms with van der Waals surface area (Å²) >= 11 is 0. The van der Waals surface area contributed by atoms with Gasteiger partial charge in [-0.25, -0.2) is 17.8 Å². The van der Waals surface area contributed by atoms with Crippen LogP contribution in [0.5, 0.6) is 0 Å². The SMILES string of the molecule is CS(=O)(=O)CCCn1c(N)nc2ccc(F)cc21. The zero-order valence-corrected chi connectivity index (χ0v) is 10.7. The first-order valence-corrected chi connectivity index (χ1v) is 7.52. The lowest BCUT2D eigenvalue weighted by atomic mass is 10.3. The largest absolute Gasteiger partial charge is 0.369 e. The molecular formula is C11H14FN3O2S. The van der Waals surface area contributed by atoms with Crippen LogP contribution in [0.15, 0.2) is 18.2 Å². The predicted octanol–water partition coefficient (Wildman–Crippen LogP) is 1.19. The molecule has 0 aliphatic heterocycles. The molecule has 0 aliphatic carbocycles. The van der Waals surface area contributed by atoms with Crippen molar-refractivity contribution in [3.05, 3.63) is 24.0 Å². The zero-order valence-electron chi connectivity index (χ0n) is 9.93. The van der Waals surface area contributed by atoms with Gasteiger partial charge in [0.25, 0.3) is 0 Å².